The van der Waals surface area contributed by atoms with Crippen molar-refractivity contribution in [2.24, 2.45) is 0 Å². The smallest absolute Gasteiger partial charge is 0.282 e. The van der Waals surface area contributed by atoms with Gasteiger partial charge in [-0.25, -0.2) is 0 Å². The number of fused-ring (bicyclic) bond motifs is 2. The van der Waals surface area contributed by atoms with Crippen LogP contribution in [-0.2, 0) is 0 Å². The van der Waals surface area contributed by atoms with Crippen LogP contribution in [0, 0.1) is 0 Å². The number of allylic oxidation sites excluding steroid dienone is 1. The topological polar surface area (TPSA) is 44.2 Å². The Morgan fingerprint density at radius 3 is 2.61 bits per heavy atom. The maximum absolute atomic E-state index is 5.74. The summed E-state index contributed by atoms with van der Waals surface area (Å²) in [7, 11) is 0. The second kappa shape index (κ2) is 4.49. The molecule has 3 rings (SSSR count). The Kier molecular flexibility index (Phi) is 2.68. The quantitative estimate of drug-likeness (QED) is 0.683. The van der Waals surface area contributed by atoms with Gasteiger partial charge in [0.2, 0.25) is 0 Å². The predicted molar refractivity (Wildman–Crippen MR) is 67.9 cm³/mol. The average Bonchev–Trinajstić information content (AvgIpc) is 2.42. The molecule has 4 heteroatoms. The highest BCUT2D eigenvalue weighted by Gasteiger charge is 2.19. The van der Waals surface area contributed by atoms with Crippen molar-refractivity contribution in [2.75, 3.05) is 0 Å². The lowest BCUT2D eigenvalue weighted by atomic mass is 10.3. The van der Waals surface area contributed by atoms with Gasteiger partial charge in [-0.1, -0.05) is 25.1 Å². The Morgan fingerprint density at radius 1 is 1.06 bits per heavy atom. The third kappa shape index (κ3) is 1.93. The molecule has 1 aromatic heterocycles. The van der Waals surface area contributed by atoms with E-state index in [4.69, 9.17) is 9.47 Å². The zero-order chi connectivity index (χ0) is 12.4. The first-order valence-electron chi connectivity index (χ1n) is 5.86. The van der Waals surface area contributed by atoms with E-state index in [9.17, 15) is 0 Å². The zero-order valence-electron chi connectivity index (χ0n) is 9.96. The Morgan fingerprint density at radius 2 is 1.83 bits per heavy atom. The summed E-state index contributed by atoms with van der Waals surface area (Å²) >= 11 is 0. The fourth-order valence-electron chi connectivity index (χ4n) is 1.68. The van der Waals surface area contributed by atoms with Gasteiger partial charge in [0.05, 0.1) is 5.69 Å². The van der Waals surface area contributed by atoms with Gasteiger partial charge in [-0.3, -0.25) is 0 Å². The van der Waals surface area contributed by atoms with Crippen molar-refractivity contribution in [1.29, 1.82) is 0 Å². The van der Waals surface area contributed by atoms with Crippen molar-refractivity contribution in [1.82, 2.24) is 10.2 Å². The molecule has 0 aliphatic carbocycles. The summed E-state index contributed by atoms with van der Waals surface area (Å²) in [4.78, 5) is 0. The predicted octanol–water partition coefficient (Wildman–Crippen LogP) is 3.80. The third-order valence-electron chi connectivity index (χ3n) is 2.55. The number of benzene rings is 1. The first-order chi connectivity index (χ1) is 8.86. The molecule has 1 aromatic carbocycles. The van der Waals surface area contributed by atoms with Crippen molar-refractivity contribution in [2.45, 2.75) is 13.3 Å². The molecule has 0 unspecified atom stereocenters. The summed E-state index contributed by atoms with van der Waals surface area (Å²) in [6.07, 6.45) is 4.89. The molecule has 2 aromatic rings. The lowest BCUT2D eigenvalue weighted by molar-refractivity contribution is 0.343. The lowest BCUT2D eigenvalue weighted by Crippen LogP contribution is -2.02. The highest BCUT2D eigenvalue weighted by molar-refractivity contribution is 5.55. The van der Waals surface area contributed by atoms with Gasteiger partial charge in [-0.2, -0.15) is 0 Å². The molecule has 0 spiro atoms. The Balaban J connectivity index is 1.96. The van der Waals surface area contributed by atoms with Gasteiger partial charge in [-0.05, 0) is 24.6 Å². The van der Waals surface area contributed by atoms with Crippen molar-refractivity contribution < 1.29 is 9.47 Å². The van der Waals surface area contributed by atoms with Gasteiger partial charge < -0.3 is 9.47 Å². The first-order valence-corrected chi connectivity index (χ1v) is 5.86. The first kappa shape index (κ1) is 10.8. The number of para-hydroxylation sites is 2. The minimum absolute atomic E-state index is 0.405. The van der Waals surface area contributed by atoms with E-state index in [0.717, 1.165) is 12.1 Å². The average molecular weight is 240 g/mol. The second-order valence-corrected chi connectivity index (χ2v) is 3.90. The van der Waals surface area contributed by atoms with E-state index in [2.05, 4.69) is 17.1 Å². The minimum atomic E-state index is 0.405. The van der Waals surface area contributed by atoms with Crippen molar-refractivity contribution in [3.8, 4) is 23.1 Å². The minimum Gasteiger partial charge on any atom is -0.448 e. The van der Waals surface area contributed by atoms with E-state index in [-0.39, 0.29) is 0 Å². The van der Waals surface area contributed by atoms with E-state index in [1.54, 1.807) is 0 Å². The number of aromatic nitrogens is 2. The molecule has 0 saturated carbocycles. The molecule has 1 aliphatic rings. The standard InChI is InChI=1S/C14H12N2O2/c1-2-3-6-10-9-13-14(16-15-10)18-12-8-5-4-7-11(12)17-13/h3-9H,2H2,1H3/b6-3+. The maximum atomic E-state index is 5.74. The molecular formula is C14H12N2O2. The van der Waals surface area contributed by atoms with Crippen LogP contribution in [0.4, 0.5) is 0 Å². The Hall–Kier alpha value is -2.36. The van der Waals surface area contributed by atoms with Gasteiger partial charge >= 0.3 is 0 Å². The summed E-state index contributed by atoms with van der Waals surface area (Å²) in [6.45, 7) is 2.07. The lowest BCUT2D eigenvalue weighted by Gasteiger charge is -2.18. The van der Waals surface area contributed by atoms with Crippen LogP contribution in [0.15, 0.2) is 36.4 Å². The molecule has 0 radical (unpaired) electrons. The van der Waals surface area contributed by atoms with Crippen molar-refractivity contribution >= 4 is 6.08 Å². The van der Waals surface area contributed by atoms with Crippen LogP contribution in [0.25, 0.3) is 6.08 Å². The highest BCUT2D eigenvalue weighted by atomic mass is 16.6. The molecule has 0 fully saturated rings. The van der Waals surface area contributed by atoms with Gasteiger partial charge in [0.1, 0.15) is 0 Å². The highest BCUT2D eigenvalue weighted by Crippen LogP contribution is 2.43. The number of hydrogen-bond acceptors (Lipinski definition) is 4. The summed E-state index contributed by atoms with van der Waals surface area (Å²) in [6, 6.07) is 9.31. The van der Waals surface area contributed by atoms with Gasteiger partial charge in [-0.15, -0.1) is 10.2 Å². The van der Waals surface area contributed by atoms with Crippen LogP contribution >= 0.6 is 0 Å². The molecule has 90 valence electrons. The van der Waals surface area contributed by atoms with E-state index >= 15 is 0 Å². The molecule has 4 nitrogen and oxygen atoms in total. The van der Waals surface area contributed by atoms with Crippen molar-refractivity contribution in [3.63, 3.8) is 0 Å². The Bertz CT molecular complexity index is 608. The number of rotatable bonds is 2. The molecule has 0 atom stereocenters. The largest absolute Gasteiger partial charge is 0.448 e. The molecule has 0 N–H and O–H groups in total. The molecule has 18 heavy (non-hydrogen) atoms. The van der Waals surface area contributed by atoms with Gasteiger partial charge in [0.25, 0.3) is 5.88 Å². The fraction of sp³-hybridized carbons (Fsp3) is 0.143. The molecular weight excluding hydrogens is 228 g/mol. The van der Waals surface area contributed by atoms with Crippen LogP contribution in [0.5, 0.6) is 23.1 Å². The van der Waals surface area contributed by atoms with Crippen LogP contribution in [0.2, 0.25) is 0 Å². The van der Waals surface area contributed by atoms with Crippen molar-refractivity contribution in [3.05, 3.63) is 42.1 Å². The number of nitrogens with zero attached hydrogens (tertiary/aromatic N) is 2. The summed E-state index contributed by atoms with van der Waals surface area (Å²) < 4.78 is 11.4. The van der Waals surface area contributed by atoms with Gasteiger partial charge in [0.15, 0.2) is 17.2 Å². The molecule has 0 amide bonds. The Labute approximate surface area is 105 Å². The molecule has 0 saturated heterocycles. The van der Waals surface area contributed by atoms with E-state index in [1.807, 2.05) is 42.5 Å². The summed E-state index contributed by atoms with van der Waals surface area (Å²) in [5, 5.41) is 8.08. The maximum Gasteiger partial charge on any atom is 0.282 e. The summed E-state index contributed by atoms with van der Waals surface area (Å²) in [5.41, 5.74) is 0.763. The summed E-state index contributed by atoms with van der Waals surface area (Å²) in [5.74, 6) is 2.36. The zero-order valence-corrected chi connectivity index (χ0v) is 9.96. The molecule has 0 bridgehead atoms. The van der Waals surface area contributed by atoms with E-state index in [0.29, 0.717) is 23.1 Å². The number of ether oxygens (including phenoxy) is 2. The fourth-order valence-corrected chi connectivity index (χ4v) is 1.68. The van der Waals surface area contributed by atoms with Crippen LogP contribution in [0.1, 0.15) is 19.0 Å². The van der Waals surface area contributed by atoms with Crippen LogP contribution in [-0.4, -0.2) is 10.2 Å². The SMILES string of the molecule is CC/C=C/c1cc2c(nn1)Oc1ccccc1O2. The van der Waals surface area contributed by atoms with Gasteiger partial charge in [0, 0.05) is 6.07 Å². The normalized spacial score (nSPS) is 12.5. The third-order valence-corrected chi connectivity index (χ3v) is 2.55. The van der Waals surface area contributed by atoms with Crippen LogP contribution in [0.3, 0.4) is 0 Å². The number of hydrogen-bond donors (Lipinski definition) is 0. The monoisotopic (exact) mass is 240 g/mol. The molecule has 2 heterocycles. The van der Waals surface area contributed by atoms with Crippen LogP contribution < -0.4 is 9.47 Å². The molecule has 1 aliphatic heterocycles. The van der Waals surface area contributed by atoms with E-state index < -0.39 is 0 Å². The second-order valence-electron chi connectivity index (χ2n) is 3.90. The van der Waals surface area contributed by atoms with E-state index in [1.165, 1.54) is 0 Å².